The maximum atomic E-state index is 3.50. The molecule has 1 aliphatic heterocycles. The third-order valence-electron chi connectivity index (χ3n) is 4.94. The van der Waals surface area contributed by atoms with E-state index in [1.54, 1.807) is 0 Å². The van der Waals surface area contributed by atoms with Gasteiger partial charge in [0, 0.05) is 18.6 Å². The molecule has 1 heterocycles. The van der Waals surface area contributed by atoms with Gasteiger partial charge < -0.3 is 5.32 Å². The molecule has 1 aliphatic carbocycles. The number of likely N-dealkylation sites (N-methyl/N-ethyl adjacent to an activating group) is 1. The lowest BCUT2D eigenvalue weighted by Gasteiger charge is -2.32. The molecule has 2 rings (SSSR count). The minimum absolute atomic E-state index is 0.808. The van der Waals surface area contributed by atoms with E-state index in [0.717, 1.165) is 18.0 Å². The van der Waals surface area contributed by atoms with Crippen molar-refractivity contribution in [2.75, 3.05) is 20.1 Å². The second-order valence-corrected chi connectivity index (χ2v) is 6.13. The zero-order valence-corrected chi connectivity index (χ0v) is 11.8. The van der Waals surface area contributed by atoms with Crippen molar-refractivity contribution >= 4 is 0 Å². The lowest BCUT2D eigenvalue weighted by Crippen LogP contribution is -2.41. The second-order valence-electron chi connectivity index (χ2n) is 6.13. The Morgan fingerprint density at radius 1 is 1.06 bits per heavy atom. The van der Waals surface area contributed by atoms with Crippen molar-refractivity contribution in [3.8, 4) is 0 Å². The van der Waals surface area contributed by atoms with E-state index in [4.69, 9.17) is 0 Å². The molecule has 1 N–H and O–H groups in total. The third kappa shape index (κ3) is 3.69. The Hall–Kier alpha value is -0.0800. The predicted molar refractivity (Wildman–Crippen MR) is 74.3 cm³/mol. The number of nitrogens with one attached hydrogen (secondary N) is 1. The highest BCUT2D eigenvalue weighted by Crippen LogP contribution is 2.29. The Bertz CT molecular complexity index is 211. The Morgan fingerprint density at radius 2 is 1.94 bits per heavy atom. The summed E-state index contributed by atoms with van der Waals surface area (Å²) in [5.41, 5.74) is 0. The number of rotatable bonds is 4. The largest absolute Gasteiger partial charge is 0.315 e. The Balaban J connectivity index is 1.80. The van der Waals surface area contributed by atoms with Crippen molar-refractivity contribution in [3.63, 3.8) is 0 Å². The highest BCUT2D eigenvalue weighted by Gasteiger charge is 2.27. The van der Waals surface area contributed by atoms with Crippen LogP contribution in [0.5, 0.6) is 0 Å². The zero-order valence-electron chi connectivity index (χ0n) is 11.8. The summed E-state index contributed by atoms with van der Waals surface area (Å²) in [6.45, 7) is 4.77. The van der Waals surface area contributed by atoms with E-state index in [1.807, 2.05) is 0 Å². The molecule has 2 aliphatic rings. The Labute approximate surface area is 107 Å². The van der Waals surface area contributed by atoms with Crippen LogP contribution in [0.3, 0.4) is 0 Å². The van der Waals surface area contributed by atoms with Crippen LogP contribution in [0.25, 0.3) is 0 Å². The molecular weight excluding hydrogens is 208 g/mol. The van der Waals surface area contributed by atoms with Gasteiger partial charge in [0.15, 0.2) is 0 Å². The van der Waals surface area contributed by atoms with E-state index in [9.17, 15) is 0 Å². The Kier molecular flexibility index (Phi) is 5.30. The van der Waals surface area contributed by atoms with Crippen molar-refractivity contribution in [1.29, 1.82) is 0 Å². The van der Waals surface area contributed by atoms with Gasteiger partial charge >= 0.3 is 0 Å². The van der Waals surface area contributed by atoms with Gasteiger partial charge in [-0.15, -0.1) is 0 Å². The Morgan fingerprint density at radius 3 is 2.65 bits per heavy atom. The van der Waals surface area contributed by atoms with E-state index >= 15 is 0 Å². The molecular formula is C15H30N2. The molecule has 100 valence electrons. The first-order valence-electron chi connectivity index (χ1n) is 7.74. The van der Waals surface area contributed by atoms with Gasteiger partial charge in [-0.05, 0) is 45.2 Å². The minimum atomic E-state index is 0.808. The fourth-order valence-corrected chi connectivity index (χ4v) is 3.75. The molecule has 2 heteroatoms. The van der Waals surface area contributed by atoms with E-state index in [-0.39, 0.29) is 0 Å². The molecule has 1 saturated heterocycles. The summed E-state index contributed by atoms with van der Waals surface area (Å²) >= 11 is 0. The molecule has 0 aromatic heterocycles. The summed E-state index contributed by atoms with van der Waals surface area (Å²) in [6, 6.07) is 1.67. The van der Waals surface area contributed by atoms with Crippen molar-refractivity contribution in [2.24, 2.45) is 5.92 Å². The average Bonchev–Trinajstić information content (AvgIpc) is 2.76. The molecule has 0 aromatic carbocycles. The standard InChI is InChI=1S/C15H30N2/c1-3-5-13-6-4-7-14(9-8-13)17(2)15-10-11-16-12-15/h13-16H,3-12H2,1-2H3. The first-order chi connectivity index (χ1) is 8.31. The summed E-state index contributed by atoms with van der Waals surface area (Å²) in [4.78, 5) is 2.69. The van der Waals surface area contributed by atoms with Crippen LogP contribution in [-0.2, 0) is 0 Å². The molecule has 0 amide bonds. The minimum Gasteiger partial charge on any atom is -0.315 e. The SMILES string of the molecule is CCCC1CCCC(N(C)C2CCNC2)CC1. The fraction of sp³-hybridized carbons (Fsp3) is 1.00. The molecule has 1 saturated carbocycles. The molecule has 17 heavy (non-hydrogen) atoms. The van der Waals surface area contributed by atoms with Crippen LogP contribution < -0.4 is 5.32 Å². The normalized spacial score (nSPS) is 35.1. The number of hydrogen-bond acceptors (Lipinski definition) is 2. The smallest absolute Gasteiger partial charge is 0.0232 e. The summed E-state index contributed by atoms with van der Waals surface area (Å²) in [6.07, 6.45) is 11.5. The van der Waals surface area contributed by atoms with Gasteiger partial charge in [0.2, 0.25) is 0 Å². The van der Waals surface area contributed by atoms with Crippen molar-refractivity contribution < 1.29 is 0 Å². The van der Waals surface area contributed by atoms with Gasteiger partial charge in [-0.3, -0.25) is 4.90 Å². The van der Waals surface area contributed by atoms with Crippen LogP contribution in [0.4, 0.5) is 0 Å². The topological polar surface area (TPSA) is 15.3 Å². The number of nitrogens with zero attached hydrogens (tertiary/aromatic N) is 1. The zero-order chi connectivity index (χ0) is 12.1. The highest BCUT2D eigenvalue weighted by atomic mass is 15.2. The van der Waals surface area contributed by atoms with E-state index < -0.39 is 0 Å². The van der Waals surface area contributed by atoms with Gasteiger partial charge in [-0.25, -0.2) is 0 Å². The van der Waals surface area contributed by atoms with Crippen molar-refractivity contribution in [1.82, 2.24) is 10.2 Å². The lowest BCUT2D eigenvalue weighted by molar-refractivity contribution is 0.166. The summed E-state index contributed by atoms with van der Waals surface area (Å²) in [5, 5.41) is 3.50. The van der Waals surface area contributed by atoms with E-state index in [2.05, 4.69) is 24.2 Å². The van der Waals surface area contributed by atoms with Gasteiger partial charge in [-0.2, -0.15) is 0 Å². The van der Waals surface area contributed by atoms with Crippen LogP contribution in [-0.4, -0.2) is 37.1 Å². The lowest BCUT2D eigenvalue weighted by atomic mass is 9.95. The highest BCUT2D eigenvalue weighted by molar-refractivity contribution is 4.84. The summed E-state index contributed by atoms with van der Waals surface area (Å²) < 4.78 is 0. The van der Waals surface area contributed by atoms with Crippen molar-refractivity contribution in [2.45, 2.75) is 70.4 Å². The molecule has 2 nitrogen and oxygen atoms in total. The predicted octanol–water partition coefficient (Wildman–Crippen LogP) is 3.03. The first-order valence-corrected chi connectivity index (χ1v) is 7.74. The van der Waals surface area contributed by atoms with E-state index in [0.29, 0.717) is 0 Å². The molecule has 3 unspecified atom stereocenters. The molecule has 0 aromatic rings. The first kappa shape index (κ1) is 13.4. The molecule has 3 atom stereocenters. The number of hydrogen-bond donors (Lipinski definition) is 1. The summed E-state index contributed by atoms with van der Waals surface area (Å²) in [7, 11) is 2.36. The van der Waals surface area contributed by atoms with Crippen molar-refractivity contribution in [3.05, 3.63) is 0 Å². The molecule has 0 spiro atoms. The van der Waals surface area contributed by atoms with Crippen LogP contribution in [0.15, 0.2) is 0 Å². The summed E-state index contributed by atoms with van der Waals surface area (Å²) in [5.74, 6) is 1.03. The average molecular weight is 238 g/mol. The maximum Gasteiger partial charge on any atom is 0.0232 e. The maximum absolute atomic E-state index is 3.50. The molecule has 2 fully saturated rings. The van der Waals surface area contributed by atoms with E-state index in [1.165, 1.54) is 64.5 Å². The third-order valence-corrected chi connectivity index (χ3v) is 4.94. The fourth-order valence-electron chi connectivity index (χ4n) is 3.75. The molecule has 0 bridgehead atoms. The van der Waals surface area contributed by atoms with Crippen LogP contribution in [0, 0.1) is 5.92 Å². The molecule has 0 radical (unpaired) electrons. The quantitative estimate of drug-likeness (QED) is 0.757. The van der Waals surface area contributed by atoms with Gasteiger partial charge in [0.05, 0.1) is 0 Å². The second kappa shape index (κ2) is 6.75. The van der Waals surface area contributed by atoms with Gasteiger partial charge in [0.1, 0.15) is 0 Å². The van der Waals surface area contributed by atoms with Crippen LogP contribution in [0.1, 0.15) is 58.3 Å². The van der Waals surface area contributed by atoms with Gasteiger partial charge in [0.25, 0.3) is 0 Å². The van der Waals surface area contributed by atoms with Crippen LogP contribution >= 0.6 is 0 Å². The van der Waals surface area contributed by atoms with Gasteiger partial charge in [-0.1, -0.05) is 32.6 Å². The monoisotopic (exact) mass is 238 g/mol. The van der Waals surface area contributed by atoms with Crippen LogP contribution in [0.2, 0.25) is 0 Å².